The third-order valence-corrected chi connectivity index (χ3v) is 3.51. The maximum absolute atomic E-state index is 11.0. The van der Waals surface area contributed by atoms with E-state index >= 15 is 0 Å². The van der Waals surface area contributed by atoms with Crippen molar-refractivity contribution in [2.45, 2.75) is 18.9 Å². The third-order valence-electron chi connectivity index (χ3n) is 3.02. The van der Waals surface area contributed by atoms with Crippen molar-refractivity contribution in [2.75, 3.05) is 18.1 Å². The van der Waals surface area contributed by atoms with Crippen molar-refractivity contribution in [3.05, 3.63) is 28.2 Å². The zero-order valence-corrected chi connectivity index (χ0v) is 10.5. The van der Waals surface area contributed by atoms with E-state index < -0.39 is 0 Å². The van der Waals surface area contributed by atoms with Crippen LogP contribution >= 0.6 is 15.9 Å². The quantitative estimate of drug-likeness (QED) is 0.865. The largest absolute Gasteiger partial charge is 0.394 e. The first-order valence-corrected chi connectivity index (χ1v) is 6.18. The van der Waals surface area contributed by atoms with Crippen molar-refractivity contribution in [3.63, 3.8) is 0 Å². The molecule has 0 saturated carbocycles. The molecule has 0 bridgehead atoms. The van der Waals surface area contributed by atoms with Gasteiger partial charge in [-0.1, -0.05) is 15.9 Å². The van der Waals surface area contributed by atoms with Crippen LogP contribution in [-0.2, 0) is 0 Å². The molecule has 0 radical (unpaired) electrons. The second-order valence-electron chi connectivity index (χ2n) is 3.99. The Morgan fingerprint density at radius 1 is 1.56 bits per heavy atom. The molecule has 1 N–H and O–H groups in total. The molecule has 1 fully saturated rings. The van der Waals surface area contributed by atoms with Gasteiger partial charge in [-0.05, 0) is 31.0 Å². The number of aldehydes is 1. The van der Waals surface area contributed by atoms with Crippen LogP contribution < -0.4 is 4.90 Å². The van der Waals surface area contributed by atoms with E-state index in [1.165, 1.54) is 0 Å². The highest BCUT2D eigenvalue weighted by molar-refractivity contribution is 9.10. The molecule has 0 aromatic heterocycles. The van der Waals surface area contributed by atoms with Crippen molar-refractivity contribution in [3.8, 4) is 0 Å². The molecule has 16 heavy (non-hydrogen) atoms. The molecule has 2 rings (SSSR count). The monoisotopic (exact) mass is 283 g/mol. The lowest BCUT2D eigenvalue weighted by atomic mass is 10.1. The summed E-state index contributed by atoms with van der Waals surface area (Å²) in [4.78, 5) is 13.1. The number of aliphatic hydroxyl groups excluding tert-OH is 1. The molecule has 1 aromatic rings. The average Bonchev–Trinajstić information content (AvgIpc) is 2.76. The summed E-state index contributed by atoms with van der Waals surface area (Å²) in [6.07, 6.45) is 2.92. The normalized spacial score (nSPS) is 20.1. The highest BCUT2D eigenvalue weighted by atomic mass is 79.9. The average molecular weight is 284 g/mol. The van der Waals surface area contributed by atoms with Gasteiger partial charge in [-0.2, -0.15) is 0 Å². The molecular weight excluding hydrogens is 270 g/mol. The molecule has 1 aliphatic rings. The van der Waals surface area contributed by atoms with E-state index in [-0.39, 0.29) is 12.6 Å². The molecular formula is C12H14BrNO2. The zero-order chi connectivity index (χ0) is 11.5. The van der Waals surface area contributed by atoms with E-state index in [0.29, 0.717) is 5.56 Å². The Hall–Kier alpha value is -0.870. The molecule has 3 nitrogen and oxygen atoms in total. The van der Waals surface area contributed by atoms with E-state index in [2.05, 4.69) is 20.8 Å². The summed E-state index contributed by atoms with van der Waals surface area (Å²) in [5.41, 5.74) is 1.60. The standard InChI is InChI=1S/C12H14BrNO2/c13-10-4-3-9(7-15)12(6-10)14-5-1-2-11(14)8-16/h3-4,6-7,11,16H,1-2,5,8H2. The van der Waals surface area contributed by atoms with Gasteiger partial charge in [0.1, 0.15) is 0 Å². The molecule has 1 aliphatic heterocycles. The number of benzene rings is 1. The topological polar surface area (TPSA) is 40.5 Å². The molecule has 1 aromatic carbocycles. The van der Waals surface area contributed by atoms with E-state index in [9.17, 15) is 9.90 Å². The van der Waals surface area contributed by atoms with Crippen LogP contribution in [0.5, 0.6) is 0 Å². The lowest BCUT2D eigenvalue weighted by molar-refractivity contribution is 0.112. The summed E-state index contributed by atoms with van der Waals surface area (Å²) in [5, 5.41) is 9.29. The van der Waals surface area contributed by atoms with Crippen LogP contribution in [0.15, 0.2) is 22.7 Å². The Morgan fingerprint density at radius 3 is 3.06 bits per heavy atom. The summed E-state index contributed by atoms with van der Waals surface area (Å²) >= 11 is 3.41. The summed E-state index contributed by atoms with van der Waals surface area (Å²) in [5.74, 6) is 0. The maximum atomic E-state index is 11.0. The van der Waals surface area contributed by atoms with E-state index in [0.717, 1.165) is 35.8 Å². The third kappa shape index (κ3) is 2.13. The van der Waals surface area contributed by atoms with Crippen LogP contribution in [0.4, 0.5) is 5.69 Å². The molecule has 1 atom stereocenters. The van der Waals surface area contributed by atoms with E-state index in [1.807, 2.05) is 12.1 Å². The summed E-state index contributed by atoms with van der Waals surface area (Å²) < 4.78 is 0.955. The Bertz CT molecular complexity index is 395. The molecule has 1 heterocycles. The van der Waals surface area contributed by atoms with Crippen LogP contribution in [-0.4, -0.2) is 30.6 Å². The van der Waals surface area contributed by atoms with Gasteiger partial charge >= 0.3 is 0 Å². The molecule has 0 spiro atoms. The van der Waals surface area contributed by atoms with Crippen molar-refractivity contribution >= 4 is 27.9 Å². The van der Waals surface area contributed by atoms with Crippen LogP contribution in [0.3, 0.4) is 0 Å². The van der Waals surface area contributed by atoms with Crippen molar-refractivity contribution < 1.29 is 9.90 Å². The molecule has 86 valence electrons. The number of carbonyl (C=O) groups is 1. The first kappa shape index (κ1) is 11.6. The molecule has 4 heteroatoms. The van der Waals surface area contributed by atoms with Crippen LogP contribution in [0.25, 0.3) is 0 Å². The Morgan fingerprint density at radius 2 is 2.38 bits per heavy atom. The Balaban J connectivity index is 2.37. The van der Waals surface area contributed by atoms with Crippen LogP contribution in [0.2, 0.25) is 0 Å². The van der Waals surface area contributed by atoms with Gasteiger partial charge in [0.25, 0.3) is 0 Å². The maximum Gasteiger partial charge on any atom is 0.152 e. The van der Waals surface area contributed by atoms with Crippen molar-refractivity contribution in [2.24, 2.45) is 0 Å². The number of carbonyl (C=O) groups excluding carboxylic acids is 1. The van der Waals surface area contributed by atoms with E-state index in [4.69, 9.17) is 0 Å². The second kappa shape index (κ2) is 4.97. The number of halogens is 1. The van der Waals surface area contributed by atoms with Crippen molar-refractivity contribution in [1.29, 1.82) is 0 Å². The number of anilines is 1. The van der Waals surface area contributed by atoms with Gasteiger partial charge in [0.15, 0.2) is 6.29 Å². The predicted octanol–water partition coefficient (Wildman–Crippen LogP) is 2.22. The predicted molar refractivity (Wildman–Crippen MR) is 67.0 cm³/mol. The van der Waals surface area contributed by atoms with Gasteiger partial charge in [-0.3, -0.25) is 4.79 Å². The zero-order valence-electron chi connectivity index (χ0n) is 8.90. The molecule has 0 aliphatic carbocycles. The highest BCUT2D eigenvalue weighted by Gasteiger charge is 2.25. The van der Waals surface area contributed by atoms with Crippen molar-refractivity contribution in [1.82, 2.24) is 0 Å². The first-order valence-electron chi connectivity index (χ1n) is 5.38. The minimum absolute atomic E-state index is 0.144. The second-order valence-corrected chi connectivity index (χ2v) is 4.91. The van der Waals surface area contributed by atoms with Gasteiger partial charge in [0, 0.05) is 22.3 Å². The van der Waals surface area contributed by atoms with Gasteiger partial charge < -0.3 is 10.0 Å². The van der Waals surface area contributed by atoms with Crippen LogP contribution in [0, 0.1) is 0 Å². The fourth-order valence-corrected chi connectivity index (χ4v) is 2.56. The van der Waals surface area contributed by atoms with E-state index in [1.54, 1.807) is 6.07 Å². The smallest absolute Gasteiger partial charge is 0.152 e. The lowest BCUT2D eigenvalue weighted by Gasteiger charge is -2.26. The Kier molecular flexibility index (Phi) is 3.61. The summed E-state index contributed by atoms with van der Waals surface area (Å²) in [6, 6.07) is 5.75. The fraction of sp³-hybridized carbons (Fsp3) is 0.417. The van der Waals surface area contributed by atoms with Crippen LogP contribution in [0.1, 0.15) is 23.2 Å². The number of aliphatic hydroxyl groups is 1. The minimum atomic E-state index is 0.144. The Labute approximate surface area is 103 Å². The first-order chi connectivity index (χ1) is 7.76. The fourth-order valence-electron chi connectivity index (χ4n) is 2.21. The van der Waals surface area contributed by atoms with Gasteiger partial charge in [0.05, 0.1) is 12.6 Å². The van der Waals surface area contributed by atoms with Gasteiger partial charge in [0.2, 0.25) is 0 Å². The number of hydrogen-bond acceptors (Lipinski definition) is 3. The SMILES string of the molecule is O=Cc1ccc(Br)cc1N1CCCC1CO. The summed E-state index contributed by atoms with van der Waals surface area (Å²) in [7, 11) is 0. The number of rotatable bonds is 3. The molecule has 1 saturated heterocycles. The minimum Gasteiger partial charge on any atom is -0.394 e. The molecule has 0 amide bonds. The lowest BCUT2D eigenvalue weighted by Crippen LogP contribution is -2.32. The number of hydrogen-bond donors (Lipinski definition) is 1. The number of nitrogens with zero attached hydrogens (tertiary/aromatic N) is 1. The van der Waals surface area contributed by atoms with Gasteiger partial charge in [-0.15, -0.1) is 0 Å². The van der Waals surface area contributed by atoms with Gasteiger partial charge in [-0.25, -0.2) is 0 Å². The highest BCUT2D eigenvalue weighted by Crippen LogP contribution is 2.30. The molecule has 1 unspecified atom stereocenters. The summed E-state index contributed by atoms with van der Waals surface area (Å²) in [6.45, 7) is 1.05.